The molecule has 2 aliphatic heterocycles. The topological polar surface area (TPSA) is 90.8 Å². The molecule has 0 aromatic carbocycles. The van der Waals surface area contributed by atoms with Gasteiger partial charge in [-0.2, -0.15) is 11.8 Å². The molecule has 2 fully saturated rings. The van der Waals surface area contributed by atoms with E-state index >= 15 is 0 Å². The number of thioether (sulfide) groups is 2. The van der Waals surface area contributed by atoms with Crippen LogP contribution in [0.15, 0.2) is 18.3 Å². The number of nitrogens with zero attached hydrogens (tertiary/aromatic N) is 3. The van der Waals surface area contributed by atoms with Gasteiger partial charge < -0.3 is 14.9 Å². The highest BCUT2D eigenvalue weighted by atomic mass is 32.2. The Labute approximate surface area is 147 Å². The monoisotopic (exact) mass is 367 g/mol. The van der Waals surface area contributed by atoms with Crippen LogP contribution in [0, 0.1) is 0 Å². The molecule has 2 amide bonds. The van der Waals surface area contributed by atoms with Crippen molar-refractivity contribution in [3.8, 4) is 0 Å². The second-order valence-corrected chi connectivity index (χ2v) is 7.69. The third-order valence-electron chi connectivity index (χ3n) is 3.98. The standard InChI is InChI=1S/C15H17N3O4S2/c19-13(11-7-10(15(21)22)1-2-16-11)18-9-24-8-12(18)14(20)17-3-5-23-6-4-17/h1-2,7,12H,3-6,8-9H2,(H,21,22). The van der Waals surface area contributed by atoms with Crippen LogP contribution in [0.5, 0.6) is 0 Å². The van der Waals surface area contributed by atoms with Crippen LogP contribution in [-0.4, -0.2) is 79.9 Å². The lowest BCUT2D eigenvalue weighted by Crippen LogP contribution is -2.51. The Morgan fingerprint density at radius 2 is 1.96 bits per heavy atom. The van der Waals surface area contributed by atoms with Gasteiger partial charge in [-0.05, 0) is 12.1 Å². The summed E-state index contributed by atoms with van der Waals surface area (Å²) in [6.07, 6.45) is 1.30. The Hall–Kier alpha value is -1.74. The summed E-state index contributed by atoms with van der Waals surface area (Å²) in [5.41, 5.74) is 0.0699. The first kappa shape index (κ1) is 17.1. The normalized spacial score (nSPS) is 20.9. The SMILES string of the molecule is O=C(O)c1ccnc(C(=O)N2CSCC2C(=O)N2CCSCC2)c1. The van der Waals surface area contributed by atoms with Gasteiger partial charge in [-0.25, -0.2) is 4.79 Å². The maximum atomic E-state index is 12.7. The number of aromatic carboxylic acids is 1. The van der Waals surface area contributed by atoms with Crippen LogP contribution >= 0.6 is 23.5 Å². The Morgan fingerprint density at radius 1 is 1.21 bits per heavy atom. The lowest BCUT2D eigenvalue weighted by atomic mass is 10.2. The number of hydrogen-bond donors (Lipinski definition) is 1. The summed E-state index contributed by atoms with van der Waals surface area (Å²) in [5.74, 6) is 1.28. The molecule has 1 atom stereocenters. The zero-order valence-electron chi connectivity index (χ0n) is 12.9. The molecule has 0 saturated carbocycles. The molecule has 0 spiro atoms. The van der Waals surface area contributed by atoms with Crippen molar-refractivity contribution in [2.75, 3.05) is 36.2 Å². The van der Waals surface area contributed by atoms with E-state index in [0.29, 0.717) is 24.7 Å². The highest BCUT2D eigenvalue weighted by Gasteiger charge is 2.38. The number of aromatic nitrogens is 1. The molecule has 24 heavy (non-hydrogen) atoms. The van der Waals surface area contributed by atoms with Crippen LogP contribution in [0.2, 0.25) is 0 Å². The zero-order chi connectivity index (χ0) is 17.1. The van der Waals surface area contributed by atoms with E-state index in [9.17, 15) is 14.4 Å². The Kier molecular flexibility index (Phi) is 5.30. The third kappa shape index (κ3) is 3.51. The fourth-order valence-electron chi connectivity index (χ4n) is 2.67. The van der Waals surface area contributed by atoms with Crippen molar-refractivity contribution < 1.29 is 19.5 Å². The summed E-state index contributed by atoms with van der Waals surface area (Å²) in [6, 6.07) is 2.10. The third-order valence-corrected chi connectivity index (χ3v) is 5.93. The summed E-state index contributed by atoms with van der Waals surface area (Å²) in [5, 5.41) is 9.05. The first-order valence-electron chi connectivity index (χ1n) is 7.52. The molecule has 2 saturated heterocycles. The summed E-state index contributed by atoms with van der Waals surface area (Å²) in [7, 11) is 0. The van der Waals surface area contributed by atoms with E-state index in [4.69, 9.17) is 5.11 Å². The number of carboxylic acids is 1. The molecular formula is C15H17N3O4S2. The zero-order valence-corrected chi connectivity index (χ0v) is 14.5. The van der Waals surface area contributed by atoms with Crippen LogP contribution in [0.25, 0.3) is 0 Å². The van der Waals surface area contributed by atoms with Gasteiger partial charge in [-0.1, -0.05) is 0 Å². The average molecular weight is 367 g/mol. The van der Waals surface area contributed by atoms with Gasteiger partial charge >= 0.3 is 5.97 Å². The van der Waals surface area contributed by atoms with Gasteiger partial charge in [0.2, 0.25) is 5.91 Å². The number of carbonyl (C=O) groups is 3. The van der Waals surface area contributed by atoms with Crippen LogP contribution in [0.3, 0.4) is 0 Å². The van der Waals surface area contributed by atoms with E-state index in [0.717, 1.165) is 11.5 Å². The first-order chi connectivity index (χ1) is 11.6. The molecule has 9 heteroatoms. The quantitative estimate of drug-likeness (QED) is 0.848. The van der Waals surface area contributed by atoms with Gasteiger partial charge in [0.25, 0.3) is 5.91 Å². The van der Waals surface area contributed by atoms with Gasteiger partial charge in [0.15, 0.2) is 0 Å². The average Bonchev–Trinajstić information content (AvgIpc) is 3.11. The number of carboxylic acid groups (broad SMARTS) is 1. The van der Waals surface area contributed by atoms with Crippen LogP contribution < -0.4 is 0 Å². The van der Waals surface area contributed by atoms with Crippen LogP contribution in [-0.2, 0) is 4.79 Å². The molecule has 0 radical (unpaired) electrons. The molecule has 1 aromatic heterocycles. The van der Waals surface area contributed by atoms with Crippen LogP contribution in [0.1, 0.15) is 20.8 Å². The largest absolute Gasteiger partial charge is 0.478 e. The molecule has 1 N–H and O–H groups in total. The van der Waals surface area contributed by atoms with Crippen molar-refractivity contribution in [1.82, 2.24) is 14.8 Å². The maximum absolute atomic E-state index is 12.7. The number of rotatable bonds is 3. The molecule has 0 bridgehead atoms. The second-order valence-electron chi connectivity index (χ2n) is 5.46. The lowest BCUT2D eigenvalue weighted by Gasteiger charge is -2.31. The van der Waals surface area contributed by atoms with Crippen molar-refractivity contribution in [2.45, 2.75) is 6.04 Å². The number of pyridine rings is 1. The highest BCUT2D eigenvalue weighted by Crippen LogP contribution is 2.25. The van der Waals surface area contributed by atoms with E-state index in [1.54, 1.807) is 0 Å². The first-order valence-corrected chi connectivity index (χ1v) is 9.83. The van der Waals surface area contributed by atoms with Crippen LogP contribution in [0.4, 0.5) is 0 Å². The Morgan fingerprint density at radius 3 is 2.67 bits per heavy atom. The fraction of sp³-hybridized carbons (Fsp3) is 0.467. The van der Waals surface area contributed by atoms with E-state index in [1.807, 2.05) is 16.7 Å². The molecule has 1 unspecified atom stereocenters. The molecular weight excluding hydrogens is 350 g/mol. The molecule has 3 rings (SSSR count). The highest BCUT2D eigenvalue weighted by molar-refractivity contribution is 7.99. The van der Waals surface area contributed by atoms with Gasteiger partial charge in [-0.15, -0.1) is 11.8 Å². The van der Waals surface area contributed by atoms with E-state index in [-0.39, 0.29) is 17.2 Å². The molecule has 7 nitrogen and oxygen atoms in total. The van der Waals surface area contributed by atoms with Gasteiger partial charge in [0.05, 0.1) is 11.4 Å². The van der Waals surface area contributed by atoms with E-state index in [2.05, 4.69) is 4.98 Å². The number of amides is 2. The Balaban J connectivity index is 1.77. The minimum atomic E-state index is -1.11. The molecule has 2 aliphatic rings. The van der Waals surface area contributed by atoms with Gasteiger partial charge in [0.1, 0.15) is 11.7 Å². The van der Waals surface area contributed by atoms with Crippen molar-refractivity contribution in [3.05, 3.63) is 29.6 Å². The molecule has 128 valence electrons. The fourth-order valence-corrected chi connectivity index (χ4v) is 4.72. The van der Waals surface area contributed by atoms with Crippen molar-refractivity contribution >= 4 is 41.3 Å². The minimum absolute atomic E-state index is 0.0103. The summed E-state index contributed by atoms with van der Waals surface area (Å²) in [4.78, 5) is 43.8. The van der Waals surface area contributed by atoms with Crippen molar-refractivity contribution in [1.29, 1.82) is 0 Å². The van der Waals surface area contributed by atoms with E-state index in [1.165, 1.54) is 35.0 Å². The molecule has 0 aliphatic carbocycles. The van der Waals surface area contributed by atoms with Gasteiger partial charge in [-0.3, -0.25) is 14.6 Å². The Bertz CT molecular complexity index is 664. The predicted molar refractivity (Wildman–Crippen MR) is 92.4 cm³/mol. The van der Waals surface area contributed by atoms with Gasteiger partial charge in [0, 0.05) is 36.5 Å². The summed E-state index contributed by atoms with van der Waals surface area (Å²) < 4.78 is 0. The van der Waals surface area contributed by atoms with E-state index < -0.39 is 17.9 Å². The predicted octanol–water partition coefficient (Wildman–Crippen LogP) is 0.870. The second kappa shape index (κ2) is 7.43. The van der Waals surface area contributed by atoms with Crippen molar-refractivity contribution in [3.63, 3.8) is 0 Å². The molecule has 3 heterocycles. The number of hydrogen-bond acceptors (Lipinski definition) is 6. The number of carbonyl (C=O) groups excluding carboxylic acids is 2. The van der Waals surface area contributed by atoms with Crippen molar-refractivity contribution in [2.24, 2.45) is 0 Å². The minimum Gasteiger partial charge on any atom is -0.478 e. The maximum Gasteiger partial charge on any atom is 0.335 e. The lowest BCUT2D eigenvalue weighted by molar-refractivity contribution is -0.134. The molecule has 1 aromatic rings. The smallest absolute Gasteiger partial charge is 0.335 e. The summed E-state index contributed by atoms with van der Waals surface area (Å²) in [6.45, 7) is 1.42. The summed E-state index contributed by atoms with van der Waals surface area (Å²) >= 11 is 3.35.